The molecule has 0 saturated carbocycles. The van der Waals surface area contributed by atoms with Crippen LogP contribution < -0.4 is 0 Å². The number of benzene rings is 2. The predicted molar refractivity (Wildman–Crippen MR) is 118 cm³/mol. The Morgan fingerprint density at radius 2 is 1.75 bits per heavy atom. The zero-order chi connectivity index (χ0) is 19.7. The molecule has 3 heteroatoms. The second-order valence-electron chi connectivity index (χ2n) is 7.16. The van der Waals surface area contributed by atoms with E-state index in [-0.39, 0.29) is 0 Å². The second kappa shape index (κ2) is 8.39. The molecule has 1 unspecified atom stereocenters. The fraction of sp³-hybridized carbons (Fsp3) is 0.200. The van der Waals surface area contributed by atoms with Gasteiger partial charge in [-0.2, -0.15) is 0 Å². The summed E-state index contributed by atoms with van der Waals surface area (Å²) in [7, 11) is 0. The van der Waals surface area contributed by atoms with Crippen molar-refractivity contribution in [1.82, 2.24) is 4.57 Å². The van der Waals surface area contributed by atoms with Gasteiger partial charge in [-0.1, -0.05) is 0 Å². The molecular formula is C25H24ClNZr. The summed E-state index contributed by atoms with van der Waals surface area (Å²) in [6.45, 7) is 4.53. The van der Waals surface area contributed by atoms with Crippen LogP contribution in [0.5, 0.6) is 0 Å². The Hall–Kier alpha value is -1.63. The zero-order valence-corrected chi connectivity index (χ0v) is 19.8. The van der Waals surface area contributed by atoms with E-state index in [1.54, 1.807) is 3.28 Å². The first-order valence-electron chi connectivity index (χ1n) is 9.61. The number of rotatable bonds is 3. The van der Waals surface area contributed by atoms with Gasteiger partial charge < -0.3 is 0 Å². The van der Waals surface area contributed by atoms with E-state index in [9.17, 15) is 0 Å². The summed E-state index contributed by atoms with van der Waals surface area (Å²) < 4.78 is 4.83. The number of nitrogens with zero attached hydrogens (tertiary/aromatic N) is 1. The number of allylic oxidation sites excluding steroid dienone is 5. The van der Waals surface area contributed by atoms with Crippen LogP contribution in [0.1, 0.15) is 32.4 Å². The van der Waals surface area contributed by atoms with E-state index in [1.165, 1.54) is 51.8 Å². The van der Waals surface area contributed by atoms with Crippen LogP contribution in [0.3, 0.4) is 0 Å². The average molecular weight is 465 g/mol. The Kier molecular flexibility index (Phi) is 5.90. The van der Waals surface area contributed by atoms with Crippen LogP contribution in [0.2, 0.25) is 0 Å². The van der Waals surface area contributed by atoms with E-state index in [1.807, 2.05) is 0 Å². The van der Waals surface area contributed by atoms with Crippen LogP contribution in [-0.4, -0.2) is 11.0 Å². The standard InChI is InChI=1S/C19H16N.C5H5.CH3Cl.Zr/c1-13-14(2)20(19-10-6-5-9-18(13)19)17-11-15-7-3-4-8-16(15)12-17;1-2-4-5-3-1;1-2;/h3-12H,1-2H3;1-3H,4H2;1H3;. The van der Waals surface area contributed by atoms with Crippen molar-refractivity contribution in [3.05, 3.63) is 92.4 Å². The molecular weight excluding hydrogens is 441 g/mol. The summed E-state index contributed by atoms with van der Waals surface area (Å²) >= 11 is 3.90. The van der Waals surface area contributed by atoms with E-state index in [4.69, 9.17) is 0 Å². The molecule has 2 aliphatic carbocycles. The number of para-hydroxylation sites is 1. The first-order chi connectivity index (χ1) is 13.7. The molecule has 0 fully saturated rings. The van der Waals surface area contributed by atoms with E-state index in [0.29, 0.717) is 3.63 Å². The molecule has 140 valence electrons. The maximum atomic E-state index is 4.64. The summed E-state index contributed by atoms with van der Waals surface area (Å²) in [6.07, 6.45) is 12.0. The topological polar surface area (TPSA) is 4.93 Å². The molecule has 2 aliphatic rings. The minimum absolute atomic E-state index is 0.592. The second-order valence-corrected chi connectivity index (χ2v) is 10.9. The van der Waals surface area contributed by atoms with Gasteiger partial charge in [0, 0.05) is 6.38 Å². The maximum absolute atomic E-state index is 4.64. The Morgan fingerprint density at radius 3 is 2.54 bits per heavy atom. The van der Waals surface area contributed by atoms with E-state index < -0.39 is 23.2 Å². The molecule has 0 radical (unpaired) electrons. The first-order valence-corrected chi connectivity index (χ1v) is 13.0. The van der Waals surface area contributed by atoms with Crippen molar-refractivity contribution >= 4 is 34.3 Å². The van der Waals surface area contributed by atoms with Crippen molar-refractivity contribution < 1.29 is 23.2 Å². The van der Waals surface area contributed by atoms with Crippen LogP contribution in [0.15, 0.2) is 70.0 Å². The Labute approximate surface area is 184 Å². The SMILES string of the molecule is CCl.Cc1c(C)n(C2=Cc3ccccc3[CH]2[Zr][C]2=CC=CC2)c2ccccc12. The van der Waals surface area contributed by atoms with E-state index in [0.717, 1.165) is 0 Å². The number of hydrogen-bond donors (Lipinski definition) is 0. The molecule has 1 atom stereocenters. The van der Waals surface area contributed by atoms with Crippen LogP contribution >= 0.6 is 11.6 Å². The molecule has 1 nitrogen and oxygen atoms in total. The van der Waals surface area contributed by atoms with Gasteiger partial charge in [-0.3, -0.25) is 0 Å². The van der Waals surface area contributed by atoms with Gasteiger partial charge in [0.2, 0.25) is 0 Å². The summed E-state index contributed by atoms with van der Waals surface area (Å²) in [4.78, 5) is 0. The third-order valence-corrected chi connectivity index (χ3v) is 9.72. The molecule has 0 amide bonds. The van der Waals surface area contributed by atoms with Crippen molar-refractivity contribution in [2.75, 3.05) is 6.38 Å². The van der Waals surface area contributed by atoms with Crippen LogP contribution in [0, 0.1) is 13.8 Å². The molecule has 5 rings (SSSR count). The summed E-state index contributed by atoms with van der Waals surface area (Å²) in [5.41, 5.74) is 8.58. The van der Waals surface area contributed by atoms with Crippen molar-refractivity contribution in [2.24, 2.45) is 0 Å². The number of aromatic nitrogens is 1. The summed E-state index contributed by atoms with van der Waals surface area (Å²) in [5, 5.41) is 1.38. The molecule has 0 bridgehead atoms. The van der Waals surface area contributed by atoms with Crippen molar-refractivity contribution in [3.63, 3.8) is 0 Å². The van der Waals surface area contributed by atoms with Crippen molar-refractivity contribution in [2.45, 2.75) is 23.9 Å². The van der Waals surface area contributed by atoms with Crippen molar-refractivity contribution in [3.8, 4) is 0 Å². The van der Waals surface area contributed by atoms with Crippen LogP contribution in [0.4, 0.5) is 0 Å². The van der Waals surface area contributed by atoms with Gasteiger partial charge in [-0.05, 0) is 0 Å². The monoisotopic (exact) mass is 463 g/mol. The zero-order valence-electron chi connectivity index (χ0n) is 16.5. The van der Waals surface area contributed by atoms with Gasteiger partial charge in [0.1, 0.15) is 0 Å². The first kappa shape index (κ1) is 19.7. The Balaban J connectivity index is 0.000000932. The molecule has 2 aromatic carbocycles. The normalized spacial score (nSPS) is 17.1. The van der Waals surface area contributed by atoms with Gasteiger partial charge in [0.05, 0.1) is 0 Å². The number of halogens is 1. The van der Waals surface area contributed by atoms with Crippen LogP contribution in [0.25, 0.3) is 22.7 Å². The fourth-order valence-electron chi connectivity index (χ4n) is 4.25. The fourth-order valence-corrected chi connectivity index (χ4v) is 8.13. The summed E-state index contributed by atoms with van der Waals surface area (Å²) in [5.74, 6) is 0. The van der Waals surface area contributed by atoms with Gasteiger partial charge in [-0.25, -0.2) is 0 Å². The molecule has 0 N–H and O–H groups in total. The molecule has 28 heavy (non-hydrogen) atoms. The van der Waals surface area contributed by atoms with Crippen LogP contribution in [-0.2, 0) is 23.2 Å². The number of hydrogen-bond acceptors (Lipinski definition) is 0. The number of aryl methyl sites for hydroxylation is 1. The van der Waals surface area contributed by atoms with E-state index >= 15 is 0 Å². The summed E-state index contributed by atoms with van der Waals surface area (Å²) in [6, 6.07) is 17.9. The Morgan fingerprint density at radius 1 is 1.00 bits per heavy atom. The third-order valence-electron chi connectivity index (χ3n) is 5.69. The molecule has 0 aliphatic heterocycles. The quantitative estimate of drug-likeness (QED) is 0.364. The molecule has 0 spiro atoms. The van der Waals surface area contributed by atoms with Gasteiger partial charge >= 0.3 is 167 Å². The minimum atomic E-state index is -0.735. The molecule has 0 saturated heterocycles. The van der Waals surface area contributed by atoms with E-state index in [2.05, 4.69) is 103 Å². The van der Waals surface area contributed by atoms with Gasteiger partial charge in [0.25, 0.3) is 0 Å². The average Bonchev–Trinajstić information content (AvgIpc) is 3.43. The Bertz CT molecular complexity index is 1120. The molecule has 1 aromatic heterocycles. The molecule has 1 heterocycles. The number of fused-ring (bicyclic) bond motifs is 2. The van der Waals surface area contributed by atoms with Gasteiger partial charge in [0.15, 0.2) is 0 Å². The van der Waals surface area contributed by atoms with Crippen molar-refractivity contribution in [1.29, 1.82) is 0 Å². The number of alkyl halides is 1. The van der Waals surface area contributed by atoms with Gasteiger partial charge in [-0.15, -0.1) is 11.6 Å². The predicted octanol–water partition coefficient (Wildman–Crippen LogP) is 7.09. The third kappa shape index (κ3) is 3.32. The molecule has 3 aromatic rings.